The van der Waals surface area contributed by atoms with E-state index in [4.69, 9.17) is 5.11 Å². The van der Waals surface area contributed by atoms with Gasteiger partial charge in [0.1, 0.15) is 0 Å². The van der Waals surface area contributed by atoms with Crippen LogP contribution in [0.1, 0.15) is 19.3 Å². The number of aliphatic carboxylic acids is 1. The van der Waals surface area contributed by atoms with Crippen molar-refractivity contribution in [3.63, 3.8) is 0 Å². The Hall–Kier alpha value is -1.10. The number of hydrogen-bond donors (Lipinski definition) is 3. The van der Waals surface area contributed by atoms with E-state index in [1.807, 2.05) is 0 Å². The van der Waals surface area contributed by atoms with Crippen molar-refractivity contribution in [1.82, 2.24) is 10.6 Å². The summed E-state index contributed by atoms with van der Waals surface area (Å²) in [7, 11) is 0. The Bertz CT molecular complexity index is 214. The third-order valence-corrected chi connectivity index (χ3v) is 2.08. The van der Waals surface area contributed by atoms with Gasteiger partial charge in [0, 0.05) is 6.54 Å². The van der Waals surface area contributed by atoms with Gasteiger partial charge in [-0.1, -0.05) is 0 Å². The Balaban J connectivity index is 1.89. The molecule has 1 saturated carbocycles. The first kappa shape index (κ1) is 11.0. The fourth-order valence-electron chi connectivity index (χ4n) is 1.08. The normalized spacial score (nSPS) is 15.1. The molecule has 0 heterocycles. The Kier molecular flexibility index (Phi) is 4.39. The molecular formula is C9H16N2O3. The molecule has 0 atom stereocenters. The smallest absolute Gasteiger partial charge is 0.305 e. The zero-order valence-electron chi connectivity index (χ0n) is 8.08. The van der Waals surface area contributed by atoms with E-state index in [9.17, 15) is 9.59 Å². The van der Waals surface area contributed by atoms with Crippen LogP contribution < -0.4 is 10.6 Å². The molecule has 0 aromatic rings. The molecule has 0 saturated heterocycles. The topological polar surface area (TPSA) is 78.4 Å². The minimum atomic E-state index is -0.892. The highest BCUT2D eigenvalue weighted by atomic mass is 16.4. The lowest BCUT2D eigenvalue weighted by Gasteiger charge is -2.04. The first-order chi connectivity index (χ1) is 6.68. The van der Waals surface area contributed by atoms with Crippen molar-refractivity contribution in [2.24, 2.45) is 5.92 Å². The minimum absolute atomic E-state index is 0.0195. The van der Waals surface area contributed by atoms with Crippen LogP contribution in [0.15, 0.2) is 0 Å². The maximum Gasteiger partial charge on any atom is 0.305 e. The van der Waals surface area contributed by atoms with E-state index in [1.165, 1.54) is 12.8 Å². The molecule has 0 aromatic carbocycles. The first-order valence-electron chi connectivity index (χ1n) is 4.87. The van der Waals surface area contributed by atoms with Gasteiger partial charge < -0.3 is 15.7 Å². The highest BCUT2D eigenvalue weighted by molar-refractivity contribution is 5.78. The zero-order chi connectivity index (χ0) is 10.4. The second-order valence-electron chi connectivity index (χ2n) is 3.57. The van der Waals surface area contributed by atoms with Gasteiger partial charge in [-0.3, -0.25) is 9.59 Å². The fourth-order valence-corrected chi connectivity index (χ4v) is 1.08. The van der Waals surface area contributed by atoms with Gasteiger partial charge in [0.25, 0.3) is 0 Å². The van der Waals surface area contributed by atoms with Gasteiger partial charge in [-0.25, -0.2) is 0 Å². The Morgan fingerprint density at radius 1 is 1.36 bits per heavy atom. The fraction of sp³-hybridized carbons (Fsp3) is 0.778. The molecule has 0 aliphatic heterocycles. The molecule has 0 radical (unpaired) electrons. The molecule has 5 nitrogen and oxygen atoms in total. The monoisotopic (exact) mass is 200 g/mol. The summed E-state index contributed by atoms with van der Waals surface area (Å²) in [6.07, 6.45) is 2.50. The quantitative estimate of drug-likeness (QED) is 0.521. The molecule has 1 rings (SSSR count). The van der Waals surface area contributed by atoms with Crippen molar-refractivity contribution in [2.75, 3.05) is 19.6 Å². The van der Waals surface area contributed by atoms with E-state index in [0.29, 0.717) is 0 Å². The minimum Gasteiger partial charge on any atom is -0.481 e. The standard InChI is InChI=1S/C9H16N2O3/c12-8(11-4-3-9(13)14)6-10-5-7-1-2-7/h7,10H,1-6H2,(H,11,12)(H,13,14). The summed E-state index contributed by atoms with van der Waals surface area (Å²) in [4.78, 5) is 21.2. The highest BCUT2D eigenvalue weighted by Gasteiger charge is 2.20. The maximum absolute atomic E-state index is 11.1. The number of nitrogens with one attached hydrogen (secondary N) is 2. The average molecular weight is 200 g/mol. The molecule has 3 N–H and O–H groups in total. The van der Waals surface area contributed by atoms with Gasteiger partial charge in [-0.2, -0.15) is 0 Å². The summed E-state index contributed by atoms with van der Waals surface area (Å²) in [5.41, 5.74) is 0. The van der Waals surface area contributed by atoms with Crippen molar-refractivity contribution < 1.29 is 14.7 Å². The molecule has 0 unspecified atom stereocenters. The second kappa shape index (κ2) is 5.59. The van der Waals surface area contributed by atoms with Crippen LogP contribution in [-0.4, -0.2) is 36.6 Å². The number of carboxylic acid groups (broad SMARTS) is 1. The maximum atomic E-state index is 11.1. The molecular weight excluding hydrogens is 184 g/mol. The van der Waals surface area contributed by atoms with Crippen molar-refractivity contribution >= 4 is 11.9 Å². The predicted octanol–water partition coefficient (Wildman–Crippen LogP) is -0.423. The van der Waals surface area contributed by atoms with E-state index < -0.39 is 5.97 Å². The SMILES string of the molecule is O=C(O)CCNC(=O)CNCC1CC1. The first-order valence-corrected chi connectivity index (χ1v) is 4.87. The van der Waals surface area contributed by atoms with Crippen molar-refractivity contribution in [3.8, 4) is 0 Å². The van der Waals surface area contributed by atoms with Crippen molar-refractivity contribution in [2.45, 2.75) is 19.3 Å². The van der Waals surface area contributed by atoms with Crippen molar-refractivity contribution in [1.29, 1.82) is 0 Å². The molecule has 0 bridgehead atoms. The zero-order valence-corrected chi connectivity index (χ0v) is 8.08. The predicted molar refractivity (Wildman–Crippen MR) is 50.9 cm³/mol. The van der Waals surface area contributed by atoms with Crippen LogP contribution in [-0.2, 0) is 9.59 Å². The lowest BCUT2D eigenvalue weighted by molar-refractivity contribution is -0.136. The number of amides is 1. The molecule has 0 aromatic heterocycles. The third kappa shape index (κ3) is 5.53. The summed E-state index contributed by atoms with van der Waals surface area (Å²) in [6, 6.07) is 0. The van der Waals surface area contributed by atoms with Crippen LogP contribution in [0.5, 0.6) is 0 Å². The summed E-state index contributed by atoms with van der Waals surface area (Å²) < 4.78 is 0. The van der Waals surface area contributed by atoms with Crippen LogP contribution in [0.2, 0.25) is 0 Å². The summed E-state index contributed by atoms with van der Waals surface area (Å²) in [6.45, 7) is 1.39. The van der Waals surface area contributed by atoms with Gasteiger partial charge in [-0.05, 0) is 25.3 Å². The number of carbonyl (C=O) groups is 2. The molecule has 1 fully saturated rings. The van der Waals surface area contributed by atoms with Crippen molar-refractivity contribution in [3.05, 3.63) is 0 Å². The van der Waals surface area contributed by atoms with E-state index in [0.717, 1.165) is 12.5 Å². The van der Waals surface area contributed by atoms with Gasteiger partial charge in [0.15, 0.2) is 0 Å². The number of rotatable bonds is 7. The molecule has 0 spiro atoms. The van der Waals surface area contributed by atoms with E-state index in [1.54, 1.807) is 0 Å². The largest absolute Gasteiger partial charge is 0.481 e. The Morgan fingerprint density at radius 3 is 2.64 bits per heavy atom. The lowest BCUT2D eigenvalue weighted by Crippen LogP contribution is -2.35. The third-order valence-electron chi connectivity index (χ3n) is 2.08. The average Bonchev–Trinajstić information content (AvgIpc) is 2.87. The van der Waals surface area contributed by atoms with E-state index in [2.05, 4.69) is 10.6 Å². The van der Waals surface area contributed by atoms with Gasteiger partial charge in [0.2, 0.25) is 5.91 Å². The van der Waals surface area contributed by atoms with Gasteiger partial charge in [-0.15, -0.1) is 0 Å². The molecule has 5 heteroatoms. The Labute approximate surface area is 82.9 Å². The van der Waals surface area contributed by atoms with Crippen LogP contribution in [0.4, 0.5) is 0 Å². The molecule has 1 aliphatic rings. The summed E-state index contributed by atoms with van der Waals surface area (Å²) in [5, 5.41) is 13.9. The molecule has 1 amide bonds. The number of carboxylic acids is 1. The molecule has 14 heavy (non-hydrogen) atoms. The van der Waals surface area contributed by atoms with Gasteiger partial charge >= 0.3 is 5.97 Å². The number of carbonyl (C=O) groups excluding carboxylic acids is 1. The lowest BCUT2D eigenvalue weighted by atomic mass is 10.4. The second-order valence-corrected chi connectivity index (χ2v) is 3.57. The van der Waals surface area contributed by atoms with Gasteiger partial charge in [0.05, 0.1) is 13.0 Å². The van der Waals surface area contributed by atoms with E-state index in [-0.39, 0.29) is 25.4 Å². The molecule has 80 valence electrons. The summed E-state index contributed by atoms with van der Waals surface area (Å²) in [5.74, 6) is -0.273. The van der Waals surface area contributed by atoms with Crippen LogP contribution in [0.25, 0.3) is 0 Å². The number of hydrogen-bond acceptors (Lipinski definition) is 3. The van der Waals surface area contributed by atoms with E-state index >= 15 is 0 Å². The Morgan fingerprint density at radius 2 is 2.07 bits per heavy atom. The molecule has 1 aliphatic carbocycles. The summed E-state index contributed by atoms with van der Waals surface area (Å²) >= 11 is 0. The highest BCUT2D eigenvalue weighted by Crippen LogP contribution is 2.27. The van der Waals surface area contributed by atoms with Crippen LogP contribution >= 0.6 is 0 Å². The van der Waals surface area contributed by atoms with Crippen LogP contribution in [0.3, 0.4) is 0 Å². The van der Waals surface area contributed by atoms with Crippen LogP contribution in [0, 0.1) is 5.92 Å².